The first-order valence-corrected chi connectivity index (χ1v) is 9.14. The van der Waals surface area contributed by atoms with Crippen molar-refractivity contribution in [3.63, 3.8) is 0 Å². The lowest BCUT2D eigenvalue weighted by molar-refractivity contribution is 0.581. The van der Waals surface area contributed by atoms with E-state index in [1.165, 1.54) is 11.3 Å². The highest BCUT2D eigenvalue weighted by atomic mass is 79.9. The van der Waals surface area contributed by atoms with Crippen molar-refractivity contribution < 1.29 is 8.42 Å². The van der Waals surface area contributed by atoms with E-state index in [0.29, 0.717) is 23.3 Å². The Morgan fingerprint density at radius 1 is 1.25 bits per heavy atom. The molecule has 0 saturated carbocycles. The highest BCUT2D eigenvalue weighted by Crippen LogP contribution is 2.31. The van der Waals surface area contributed by atoms with E-state index in [9.17, 15) is 8.42 Å². The molecule has 1 heterocycles. The smallest absolute Gasteiger partial charge is 0.242 e. The molecule has 0 bridgehead atoms. The number of nitrogens with two attached hydrogens (primary N) is 1. The Morgan fingerprint density at radius 3 is 2.55 bits per heavy atom. The van der Waals surface area contributed by atoms with E-state index in [0.717, 1.165) is 10.4 Å². The van der Waals surface area contributed by atoms with Crippen LogP contribution in [0.2, 0.25) is 0 Å². The van der Waals surface area contributed by atoms with Crippen molar-refractivity contribution in [2.24, 2.45) is 5.73 Å². The van der Waals surface area contributed by atoms with E-state index in [1.54, 1.807) is 6.07 Å². The van der Waals surface area contributed by atoms with Crippen LogP contribution in [0.25, 0.3) is 0 Å². The third-order valence-corrected chi connectivity index (χ3v) is 6.48. The SMILES string of the molecule is NCc1cc(S(=O)(=O)NCCc2ccccc2)c(Br)s1. The Kier molecular flexibility index (Phi) is 5.34. The zero-order chi connectivity index (χ0) is 14.6. The first-order chi connectivity index (χ1) is 9.53. The fourth-order valence-corrected chi connectivity index (χ4v) is 5.32. The third kappa shape index (κ3) is 3.89. The fraction of sp³-hybridized carbons (Fsp3) is 0.231. The molecule has 0 atom stereocenters. The summed E-state index contributed by atoms with van der Waals surface area (Å²) >= 11 is 4.62. The summed E-state index contributed by atoms with van der Waals surface area (Å²) in [7, 11) is -3.49. The largest absolute Gasteiger partial charge is 0.326 e. The summed E-state index contributed by atoms with van der Waals surface area (Å²) in [5.74, 6) is 0. The van der Waals surface area contributed by atoms with Crippen LogP contribution in [0.1, 0.15) is 10.4 Å². The molecule has 0 spiro atoms. The number of halogens is 1. The number of sulfonamides is 1. The summed E-state index contributed by atoms with van der Waals surface area (Å²) in [5.41, 5.74) is 6.63. The summed E-state index contributed by atoms with van der Waals surface area (Å²) in [6, 6.07) is 11.4. The Labute approximate surface area is 131 Å². The first-order valence-electron chi connectivity index (χ1n) is 6.05. The molecule has 7 heteroatoms. The van der Waals surface area contributed by atoms with Crippen LogP contribution in [0.15, 0.2) is 45.1 Å². The van der Waals surface area contributed by atoms with Crippen molar-refractivity contribution in [2.75, 3.05) is 6.54 Å². The van der Waals surface area contributed by atoms with Gasteiger partial charge >= 0.3 is 0 Å². The maximum absolute atomic E-state index is 12.2. The van der Waals surface area contributed by atoms with Gasteiger partial charge in [0.05, 0.1) is 3.79 Å². The number of hydrogen-bond acceptors (Lipinski definition) is 4. The van der Waals surface area contributed by atoms with Crippen molar-refractivity contribution in [3.05, 3.63) is 50.6 Å². The Hall–Kier alpha value is -0.730. The molecule has 1 aromatic carbocycles. The van der Waals surface area contributed by atoms with Gasteiger partial charge in [-0.25, -0.2) is 13.1 Å². The molecule has 20 heavy (non-hydrogen) atoms. The molecule has 108 valence electrons. The van der Waals surface area contributed by atoms with Crippen LogP contribution in [0.4, 0.5) is 0 Å². The van der Waals surface area contributed by atoms with Crippen molar-refractivity contribution >= 4 is 37.3 Å². The van der Waals surface area contributed by atoms with Gasteiger partial charge in [-0.15, -0.1) is 11.3 Å². The minimum Gasteiger partial charge on any atom is -0.326 e. The monoisotopic (exact) mass is 374 g/mol. The van der Waals surface area contributed by atoms with E-state index >= 15 is 0 Å². The molecule has 0 aliphatic heterocycles. The molecule has 2 aromatic rings. The van der Waals surface area contributed by atoms with Crippen LogP contribution in [0, 0.1) is 0 Å². The standard InChI is InChI=1S/C13H15BrN2O2S2/c14-13-12(8-11(9-15)19-13)20(17,18)16-7-6-10-4-2-1-3-5-10/h1-5,8,16H,6-7,9,15H2. The first kappa shape index (κ1) is 15.7. The van der Waals surface area contributed by atoms with Crippen LogP contribution in [0.3, 0.4) is 0 Å². The van der Waals surface area contributed by atoms with E-state index in [4.69, 9.17) is 5.73 Å². The molecule has 2 rings (SSSR count). The molecule has 0 radical (unpaired) electrons. The van der Waals surface area contributed by atoms with Crippen molar-refractivity contribution in [1.29, 1.82) is 0 Å². The van der Waals surface area contributed by atoms with Crippen molar-refractivity contribution in [2.45, 2.75) is 17.9 Å². The molecule has 1 aromatic heterocycles. The van der Waals surface area contributed by atoms with Gasteiger partial charge in [-0.3, -0.25) is 0 Å². The lowest BCUT2D eigenvalue weighted by Gasteiger charge is -2.05. The molecule has 0 saturated heterocycles. The molecule has 0 fully saturated rings. The van der Waals surface area contributed by atoms with Crippen LogP contribution >= 0.6 is 27.3 Å². The maximum atomic E-state index is 12.2. The van der Waals surface area contributed by atoms with E-state index in [2.05, 4.69) is 20.7 Å². The van der Waals surface area contributed by atoms with Crippen molar-refractivity contribution in [1.82, 2.24) is 4.72 Å². The lowest BCUT2D eigenvalue weighted by Crippen LogP contribution is -2.25. The second kappa shape index (κ2) is 6.82. The highest BCUT2D eigenvalue weighted by Gasteiger charge is 2.20. The van der Waals surface area contributed by atoms with Gasteiger partial charge in [-0.05, 0) is 34.0 Å². The number of nitrogens with one attached hydrogen (secondary N) is 1. The molecule has 3 N–H and O–H groups in total. The van der Waals surface area contributed by atoms with Gasteiger partial charge in [-0.1, -0.05) is 30.3 Å². The van der Waals surface area contributed by atoms with Gasteiger partial charge in [0.2, 0.25) is 10.0 Å². The topological polar surface area (TPSA) is 72.2 Å². The predicted molar refractivity (Wildman–Crippen MR) is 85.2 cm³/mol. The van der Waals surface area contributed by atoms with Gasteiger partial charge < -0.3 is 5.73 Å². The number of rotatable bonds is 6. The van der Waals surface area contributed by atoms with Crippen LogP contribution in [0.5, 0.6) is 0 Å². The Balaban J connectivity index is 2.02. The summed E-state index contributed by atoms with van der Waals surface area (Å²) in [4.78, 5) is 1.09. The van der Waals surface area contributed by atoms with Crippen LogP contribution < -0.4 is 10.5 Å². The summed E-state index contributed by atoms with van der Waals surface area (Å²) < 4.78 is 27.6. The quantitative estimate of drug-likeness (QED) is 0.815. The van der Waals surface area contributed by atoms with Gasteiger partial charge in [0.15, 0.2) is 0 Å². The lowest BCUT2D eigenvalue weighted by atomic mass is 10.2. The molecule has 0 aliphatic carbocycles. The van der Waals surface area contributed by atoms with Gasteiger partial charge in [-0.2, -0.15) is 0 Å². The molecule has 4 nitrogen and oxygen atoms in total. The Bertz CT molecular complexity index is 669. The number of benzene rings is 1. The van der Waals surface area contributed by atoms with E-state index in [-0.39, 0.29) is 4.90 Å². The minimum absolute atomic E-state index is 0.260. The van der Waals surface area contributed by atoms with E-state index < -0.39 is 10.0 Å². The fourth-order valence-electron chi connectivity index (χ4n) is 1.73. The molecular weight excluding hydrogens is 360 g/mol. The van der Waals surface area contributed by atoms with Crippen LogP contribution in [-0.2, 0) is 23.0 Å². The molecule has 0 unspecified atom stereocenters. The Morgan fingerprint density at radius 2 is 1.95 bits per heavy atom. The molecular formula is C13H15BrN2O2S2. The second-order valence-corrected chi connectivity index (χ2v) is 8.38. The zero-order valence-electron chi connectivity index (χ0n) is 10.7. The average Bonchev–Trinajstić information content (AvgIpc) is 2.82. The van der Waals surface area contributed by atoms with Crippen LogP contribution in [-0.4, -0.2) is 15.0 Å². The van der Waals surface area contributed by atoms with Gasteiger partial charge in [0.25, 0.3) is 0 Å². The predicted octanol–water partition coefficient (Wildman–Crippen LogP) is 2.49. The van der Waals surface area contributed by atoms with Gasteiger partial charge in [0, 0.05) is 18.0 Å². The molecule has 0 amide bonds. The third-order valence-electron chi connectivity index (χ3n) is 2.75. The minimum atomic E-state index is -3.49. The number of thiophene rings is 1. The summed E-state index contributed by atoms with van der Waals surface area (Å²) in [6.07, 6.45) is 0.658. The average molecular weight is 375 g/mol. The second-order valence-electron chi connectivity index (χ2n) is 4.19. The van der Waals surface area contributed by atoms with E-state index in [1.807, 2.05) is 30.3 Å². The van der Waals surface area contributed by atoms with Crippen molar-refractivity contribution in [3.8, 4) is 0 Å². The maximum Gasteiger partial charge on any atom is 0.242 e. The normalized spacial score (nSPS) is 11.7. The van der Waals surface area contributed by atoms with Gasteiger partial charge in [0.1, 0.15) is 4.90 Å². The summed E-state index contributed by atoms with van der Waals surface area (Å²) in [6.45, 7) is 0.704. The summed E-state index contributed by atoms with van der Waals surface area (Å²) in [5, 5.41) is 0. The highest BCUT2D eigenvalue weighted by molar-refractivity contribution is 9.11. The number of hydrogen-bond donors (Lipinski definition) is 2. The molecule has 0 aliphatic rings. The zero-order valence-corrected chi connectivity index (χ0v) is 13.9.